The Morgan fingerprint density at radius 3 is 1.69 bits per heavy atom. The predicted molar refractivity (Wildman–Crippen MR) is 118 cm³/mol. The maximum Gasteiger partial charge on any atom is 0.0888 e. The summed E-state index contributed by atoms with van der Waals surface area (Å²) in [5, 5.41) is 0. The summed E-state index contributed by atoms with van der Waals surface area (Å²) in [6.45, 7) is 11.9. The molecule has 2 heteroatoms. The van der Waals surface area contributed by atoms with E-state index < -0.39 is 0 Å². The van der Waals surface area contributed by atoms with Crippen LogP contribution in [-0.2, 0) is 4.74 Å². The minimum atomic E-state index is 0.855. The molecule has 0 amide bonds. The van der Waals surface area contributed by atoms with E-state index in [1.807, 2.05) is 0 Å². The smallest absolute Gasteiger partial charge is 0.0888 e. The Balaban J connectivity index is 3.26. The summed E-state index contributed by atoms with van der Waals surface area (Å²) >= 11 is 0. The Labute approximate surface area is 165 Å². The number of ether oxygens (including phenoxy) is 1. The Morgan fingerprint density at radius 2 is 1.12 bits per heavy atom. The molecule has 156 valence electrons. The molecule has 0 unspecified atom stereocenters. The van der Waals surface area contributed by atoms with Gasteiger partial charge in [-0.25, -0.2) is 0 Å². The third-order valence-electron chi connectivity index (χ3n) is 5.19. The normalized spacial score (nSPS) is 11.2. The van der Waals surface area contributed by atoms with E-state index in [1.54, 1.807) is 0 Å². The molecule has 0 atom stereocenters. The van der Waals surface area contributed by atoms with E-state index in [1.165, 1.54) is 109 Å². The van der Waals surface area contributed by atoms with Crippen molar-refractivity contribution in [2.75, 3.05) is 26.7 Å². The molecule has 0 radical (unpaired) electrons. The summed E-state index contributed by atoms with van der Waals surface area (Å²) in [6.07, 6.45) is 21.3. The van der Waals surface area contributed by atoms with Crippen molar-refractivity contribution in [3.05, 3.63) is 12.3 Å². The molecular weight excluding hydrogens is 318 g/mol. The fourth-order valence-corrected chi connectivity index (χ4v) is 3.33. The van der Waals surface area contributed by atoms with E-state index in [0.717, 1.165) is 18.8 Å². The SMILES string of the molecule is C=C(CCCCCN(C)CCCCCCCCCCC)OCCCCC. The van der Waals surface area contributed by atoms with Gasteiger partial charge in [0, 0.05) is 6.42 Å². The van der Waals surface area contributed by atoms with E-state index in [9.17, 15) is 0 Å². The van der Waals surface area contributed by atoms with Crippen molar-refractivity contribution in [1.82, 2.24) is 4.90 Å². The second kappa shape index (κ2) is 20.8. The fraction of sp³-hybridized carbons (Fsp3) is 0.917. The number of rotatable bonds is 21. The molecule has 0 aliphatic carbocycles. The average Bonchev–Trinajstić information content (AvgIpc) is 2.63. The van der Waals surface area contributed by atoms with Gasteiger partial charge in [0.1, 0.15) is 0 Å². The van der Waals surface area contributed by atoms with Gasteiger partial charge >= 0.3 is 0 Å². The van der Waals surface area contributed by atoms with Crippen LogP contribution < -0.4 is 0 Å². The van der Waals surface area contributed by atoms with Crippen LogP contribution >= 0.6 is 0 Å². The molecule has 0 aromatic heterocycles. The lowest BCUT2D eigenvalue weighted by Crippen LogP contribution is -2.20. The van der Waals surface area contributed by atoms with Crippen LogP contribution in [0.4, 0.5) is 0 Å². The summed E-state index contributed by atoms with van der Waals surface area (Å²) in [5.74, 6) is 0.990. The first-order chi connectivity index (χ1) is 12.7. The van der Waals surface area contributed by atoms with Crippen LogP contribution in [0.1, 0.15) is 117 Å². The quantitative estimate of drug-likeness (QED) is 0.152. The summed E-state index contributed by atoms with van der Waals surface area (Å²) in [6, 6.07) is 0. The molecule has 0 bridgehead atoms. The first kappa shape index (κ1) is 25.5. The maximum atomic E-state index is 5.68. The average molecular weight is 368 g/mol. The van der Waals surface area contributed by atoms with Gasteiger partial charge in [0.2, 0.25) is 0 Å². The molecule has 2 nitrogen and oxygen atoms in total. The van der Waals surface area contributed by atoms with Crippen molar-refractivity contribution < 1.29 is 4.74 Å². The van der Waals surface area contributed by atoms with Crippen molar-refractivity contribution in [2.45, 2.75) is 117 Å². The lowest BCUT2D eigenvalue weighted by molar-refractivity contribution is 0.195. The Bertz CT molecular complexity index is 290. The molecule has 0 aliphatic heterocycles. The van der Waals surface area contributed by atoms with Gasteiger partial charge in [-0.15, -0.1) is 0 Å². The highest BCUT2D eigenvalue weighted by Gasteiger charge is 2.00. The first-order valence-electron chi connectivity index (χ1n) is 11.7. The second-order valence-electron chi connectivity index (χ2n) is 8.04. The molecule has 0 N–H and O–H groups in total. The largest absolute Gasteiger partial charge is 0.499 e. The van der Waals surface area contributed by atoms with E-state index in [0.29, 0.717) is 0 Å². The van der Waals surface area contributed by atoms with Crippen LogP contribution in [0.2, 0.25) is 0 Å². The van der Waals surface area contributed by atoms with Gasteiger partial charge in [0.15, 0.2) is 0 Å². The highest BCUT2D eigenvalue weighted by Crippen LogP contribution is 2.11. The molecule has 0 fully saturated rings. The molecule has 0 heterocycles. The molecule has 0 aliphatic rings. The number of unbranched alkanes of at least 4 members (excludes halogenated alkanes) is 12. The molecule has 26 heavy (non-hydrogen) atoms. The standard InChI is InChI=1S/C24H49NO/c1-5-7-9-10-11-12-13-14-17-21-25(4)22-18-15-16-20-24(3)26-23-19-8-6-2/h3,5-23H2,1-2,4H3. The van der Waals surface area contributed by atoms with Crippen LogP contribution in [0, 0.1) is 0 Å². The van der Waals surface area contributed by atoms with Crippen molar-refractivity contribution in [2.24, 2.45) is 0 Å². The van der Waals surface area contributed by atoms with E-state index >= 15 is 0 Å². The van der Waals surface area contributed by atoms with E-state index in [2.05, 4.69) is 32.4 Å². The van der Waals surface area contributed by atoms with Gasteiger partial charge in [-0.05, 0) is 45.8 Å². The third-order valence-corrected chi connectivity index (χ3v) is 5.19. The molecule has 0 rings (SSSR count). The zero-order chi connectivity index (χ0) is 19.3. The first-order valence-corrected chi connectivity index (χ1v) is 11.7. The summed E-state index contributed by atoms with van der Waals surface area (Å²) in [4.78, 5) is 2.51. The maximum absolute atomic E-state index is 5.68. The van der Waals surface area contributed by atoms with E-state index in [4.69, 9.17) is 4.74 Å². The highest BCUT2D eigenvalue weighted by atomic mass is 16.5. The van der Waals surface area contributed by atoms with Crippen LogP contribution in [0.15, 0.2) is 12.3 Å². The topological polar surface area (TPSA) is 12.5 Å². The zero-order valence-corrected chi connectivity index (χ0v) is 18.5. The number of nitrogens with zero attached hydrogens (tertiary/aromatic N) is 1. The molecule has 0 aromatic rings. The van der Waals surface area contributed by atoms with Gasteiger partial charge in [-0.2, -0.15) is 0 Å². The fourth-order valence-electron chi connectivity index (χ4n) is 3.33. The number of hydrogen-bond donors (Lipinski definition) is 0. The minimum absolute atomic E-state index is 0.855. The van der Waals surface area contributed by atoms with Crippen molar-refractivity contribution >= 4 is 0 Å². The summed E-state index contributed by atoms with van der Waals surface area (Å²) < 4.78 is 5.68. The molecule has 0 aromatic carbocycles. The second-order valence-corrected chi connectivity index (χ2v) is 8.04. The van der Waals surface area contributed by atoms with Crippen molar-refractivity contribution in [3.8, 4) is 0 Å². The van der Waals surface area contributed by atoms with Crippen LogP contribution in [-0.4, -0.2) is 31.6 Å². The third kappa shape index (κ3) is 19.8. The monoisotopic (exact) mass is 367 g/mol. The highest BCUT2D eigenvalue weighted by molar-refractivity contribution is 4.81. The van der Waals surface area contributed by atoms with Gasteiger partial charge < -0.3 is 9.64 Å². The van der Waals surface area contributed by atoms with Gasteiger partial charge in [0.05, 0.1) is 12.4 Å². The molecule has 0 spiro atoms. The van der Waals surface area contributed by atoms with Gasteiger partial charge in [-0.1, -0.05) is 91.1 Å². The Morgan fingerprint density at radius 1 is 0.654 bits per heavy atom. The van der Waals surface area contributed by atoms with Crippen LogP contribution in [0.3, 0.4) is 0 Å². The predicted octanol–water partition coefficient (Wildman–Crippen LogP) is 7.73. The lowest BCUT2D eigenvalue weighted by atomic mass is 10.1. The number of hydrogen-bond acceptors (Lipinski definition) is 2. The van der Waals surface area contributed by atoms with Gasteiger partial charge in [0.25, 0.3) is 0 Å². The zero-order valence-electron chi connectivity index (χ0n) is 18.5. The molecule has 0 saturated heterocycles. The number of allylic oxidation sites excluding steroid dienone is 1. The van der Waals surface area contributed by atoms with E-state index in [-0.39, 0.29) is 0 Å². The summed E-state index contributed by atoms with van der Waals surface area (Å²) in [7, 11) is 2.28. The Kier molecular flexibility index (Phi) is 20.4. The summed E-state index contributed by atoms with van der Waals surface area (Å²) in [5.41, 5.74) is 0. The minimum Gasteiger partial charge on any atom is -0.499 e. The van der Waals surface area contributed by atoms with Crippen LogP contribution in [0.5, 0.6) is 0 Å². The van der Waals surface area contributed by atoms with Gasteiger partial charge in [-0.3, -0.25) is 0 Å². The lowest BCUT2D eigenvalue weighted by Gasteiger charge is -2.16. The van der Waals surface area contributed by atoms with Crippen molar-refractivity contribution in [3.63, 3.8) is 0 Å². The molecular formula is C24H49NO. The Hall–Kier alpha value is -0.500. The molecule has 0 saturated carbocycles. The van der Waals surface area contributed by atoms with Crippen molar-refractivity contribution in [1.29, 1.82) is 0 Å². The van der Waals surface area contributed by atoms with Crippen LogP contribution in [0.25, 0.3) is 0 Å².